The molecule has 1 aromatic rings. The maximum absolute atomic E-state index is 12.8. The van der Waals surface area contributed by atoms with Gasteiger partial charge in [-0.3, -0.25) is 0 Å². The molecule has 1 aromatic carbocycles. The summed E-state index contributed by atoms with van der Waals surface area (Å²) in [7, 11) is -3.44. The van der Waals surface area contributed by atoms with Crippen LogP contribution in [0.1, 0.15) is 24.5 Å². The third kappa shape index (κ3) is 3.74. The number of nitrogens with one attached hydrogen (secondary N) is 1. The number of rotatable bonds is 5. The van der Waals surface area contributed by atoms with E-state index in [2.05, 4.69) is 21.2 Å². The summed E-state index contributed by atoms with van der Waals surface area (Å²) in [4.78, 5) is 0.403. The molecule has 0 unspecified atom stereocenters. The van der Waals surface area contributed by atoms with Crippen molar-refractivity contribution in [3.05, 3.63) is 39.9 Å². The van der Waals surface area contributed by atoms with Gasteiger partial charge in [0, 0.05) is 24.1 Å². The van der Waals surface area contributed by atoms with E-state index in [4.69, 9.17) is 0 Å². The standard InChI is InChI=1S/C15H21BrN2O2S/c1-3-17-11-13-9-14(16)12(2)15(10-13)21(19,20)18-7-5-4-6-8-18/h4-5,9-10,17H,3,6-8,11H2,1-2H3. The van der Waals surface area contributed by atoms with Crippen molar-refractivity contribution in [2.24, 2.45) is 0 Å². The van der Waals surface area contributed by atoms with Gasteiger partial charge in [0.25, 0.3) is 0 Å². The lowest BCUT2D eigenvalue weighted by molar-refractivity contribution is 0.437. The Balaban J connectivity index is 2.41. The van der Waals surface area contributed by atoms with Gasteiger partial charge in [0.15, 0.2) is 0 Å². The van der Waals surface area contributed by atoms with Crippen LogP contribution in [0.5, 0.6) is 0 Å². The third-order valence-electron chi connectivity index (χ3n) is 3.57. The van der Waals surface area contributed by atoms with Crippen LogP contribution in [0.3, 0.4) is 0 Å². The van der Waals surface area contributed by atoms with Gasteiger partial charge in [-0.25, -0.2) is 8.42 Å². The highest BCUT2D eigenvalue weighted by Crippen LogP contribution is 2.28. The van der Waals surface area contributed by atoms with Crippen molar-refractivity contribution in [2.75, 3.05) is 19.6 Å². The van der Waals surface area contributed by atoms with E-state index in [1.165, 1.54) is 0 Å². The molecule has 116 valence electrons. The Morgan fingerprint density at radius 1 is 1.33 bits per heavy atom. The molecule has 0 saturated heterocycles. The number of hydrogen-bond donors (Lipinski definition) is 1. The van der Waals surface area contributed by atoms with Crippen molar-refractivity contribution < 1.29 is 8.42 Å². The Kier molecular flexibility index (Phi) is 5.60. The Morgan fingerprint density at radius 2 is 2.10 bits per heavy atom. The van der Waals surface area contributed by atoms with Gasteiger partial charge in [-0.05, 0) is 43.1 Å². The Morgan fingerprint density at radius 3 is 2.71 bits per heavy atom. The molecule has 0 aromatic heterocycles. The predicted molar refractivity (Wildman–Crippen MR) is 88.8 cm³/mol. The molecule has 0 fully saturated rings. The van der Waals surface area contributed by atoms with E-state index in [1.54, 1.807) is 10.4 Å². The van der Waals surface area contributed by atoms with Crippen molar-refractivity contribution >= 4 is 26.0 Å². The van der Waals surface area contributed by atoms with Crippen LogP contribution >= 0.6 is 15.9 Å². The zero-order valence-corrected chi connectivity index (χ0v) is 14.8. The monoisotopic (exact) mass is 372 g/mol. The fraction of sp³-hybridized carbons (Fsp3) is 0.467. The van der Waals surface area contributed by atoms with Gasteiger partial charge >= 0.3 is 0 Å². The second-order valence-electron chi connectivity index (χ2n) is 5.10. The summed E-state index contributed by atoms with van der Waals surface area (Å²) < 4.78 is 28.1. The van der Waals surface area contributed by atoms with Gasteiger partial charge in [0.2, 0.25) is 10.0 Å². The Bertz CT molecular complexity index is 641. The van der Waals surface area contributed by atoms with Crippen molar-refractivity contribution in [2.45, 2.75) is 31.7 Å². The first kappa shape index (κ1) is 16.7. The normalized spacial score (nSPS) is 16.3. The minimum atomic E-state index is -3.44. The van der Waals surface area contributed by atoms with E-state index >= 15 is 0 Å². The molecule has 0 aliphatic carbocycles. The molecule has 0 spiro atoms. The van der Waals surface area contributed by atoms with Crippen LogP contribution in [0, 0.1) is 6.92 Å². The molecule has 4 nitrogen and oxygen atoms in total. The third-order valence-corrected chi connectivity index (χ3v) is 6.39. The van der Waals surface area contributed by atoms with Gasteiger partial charge in [0.1, 0.15) is 0 Å². The highest BCUT2D eigenvalue weighted by Gasteiger charge is 2.27. The van der Waals surface area contributed by atoms with Crippen LogP contribution in [0.15, 0.2) is 33.7 Å². The summed E-state index contributed by atoms with van der Waals surface area (Å²) in [5.74, 6) is 0. The van der Waals surface area contributed by atoms with E-state index < -0.39 is 10.0 Å². The highest BCUT2D eigenvalue weighted by molar-refractivity contribution is 9.10. The van der Waals surface area contributed by atoms with Crippen LogP contribution < -0.4 is 5.32 Å². The molecule has 1 heterocycles. The topological polar surface area (TPSA) is 49.4 Å². The lowest BCUT2D eigenvalue weighted by atomic mass is 10.1. The van der Waals surface area contributed by atoms with Crippen LogP contribution in [0.2, 0.25) is 0 Å². The summed E-state index contributed by atoms with van der Waals surface area (Å²) in [6.45, 7) is 6.39. The van der Waals surface area contributed by atoms with Crippen LogP contribution in [0.25, 0.3) is 0 Å². The van der Waals surface area contributed by atoms with E-state index in [0.717, 1.165) is 28.6 Å². The number of hydrogen-bond acceptors (Lipinski definition) is 3. The molecule has 2 rings (SSSR count). The van der Waals surface area contributed by atoms with Crippen molar-refractivity contribution in [1.29, 1.82) is 0 Å². The number of sulfonamides is 1. The minimum absolute atomic E-state index is 0.403. The largest absolute Gasteiger partial charge is 0.313 e. The van der Waals surface area contributed by atoms with Gasteiger partial charge in [-0.1, -0.05) is 35.0 Å². The molecule has 1 aliphatic rings. The fourth-order valence-electron chi connectivity index (χ4n) is 2.32. The molecule has 0 atom stereocenters. The molecule has 1 aliphatic heterocycles. The second kappa shape index (κ2) is 7.05. The molecule has 1 N–H and O–H groups in total. The van der Waals surface area contributed by atoms with E-state index in [0.29, 0.717) is 24.5 Å². The molecule has 0 radical (unpaired) electrons. The van der Waals surface area contributed by atoms with Crippen LogP contribution in [-0.2, 0) is 16.6 Å². The van der Waals surface area contributed by atoms with Gasteiger partial charge < -0.3 is 5.32 Å². The lowest BCUT2D eigenvalue weighted by Gasteiger charge is -2.24. The van der Waals surface area contributed by atoms with Crippen molar-refractivity contribution in [3.63, 3.8) is 0 Å². The molecular formula is C15H21BrN2O2S. The average molecular weight is 373 g/mol. The van der Waals surface area contributed by atoms with Crippen LogP contribution in [-0.4, -0.2) is 32.4 Å². The first-order valence-corrected chi connectivity index (χ1v) is 9.35. The predicted octanol–water partition coefficient (Wildman–Crippen LogP) is 2.82. The number of halogens is 1. The molecule has 0 bridgehead atoms. The van der Waals surface area contributed by atoms with Gasteiger partial charge in [0.05, 0.1) is 4.90 Å². The Hall–Kier alpha value is -0.690. The summed E-state index contributed by atoms with van der Waals surface area (Å²) in [6, 6.07) is 3.77. The molecule has 21 heavy (non-hydrogen) atoms. The lowest BCUT2D eigenvalue weighted by Crippen LogP contribution is -2.34. The first-order valence-electron chi connectivity index (χ1n) is 7.11. The van der Waals surface area contributed by atoms with Crippen molar-refractivity contribution in [3.8, 4) is 0 Å². The van der Waals surface area contributed by atoms with Gasteiger partial charge in [-0.2, -0.15) is 4.31 Å². The molecule has 0 saturated carbocycles. The number of nitrogens with zero attached hydrogens (tertiary/aromatic N) is 1. The minimum Gasteiger partial charge on any atom is -0.313 e. The molecule has 6 heteroatoms. The van der Waals surface area contributed by atoms with E-state index in [1.807, 2.05) is 32.1 Å². The number of benzene rings is 1. The van der Waals surface area contributed by atoms with E-state index in [-0.39, 0.29) is 0 Å². The maximum atomic E-state index is 12.8. The highest BCUT2D eigenvalue weighted by atomic mass is 79.9. The van der Waals surface area contributed by atoms with Crippen molar-refractivity contribution in [1.82, 2.24) is 9.62 Å². The van der Waals surface area contributed by atoms with Gasteiger partial charge in [-0.15, -0.1) is 0 Å². The molecule has 0 amide bonds. The molecular weight excluding hydrogens is 352 g/mol. The zero-order valence-electron chi connectivity index (χ0n) is 12.4. The fourth-order valence-corrected chi connectivity index (χ4v) is 4.67. The summed E-state index contributed by atoms with van der Waals surface area (Å²) in [6.07, 6.45) is 4.71. The SMILES string of the molecule is CCNCc1cc(Br)c(C)c(S(=O)(=O)N2CC=CCC2)c1. The maximum Gasteiger partial charge on any atom is 0.243 e. The average Bonchev–Trinajstić information content (AvgIpc) is 2.49. The quantitative estimate of drug-likeness (QED) is 0.808. The van der Waals surface area contributed by atoms with Crippen LogP contribution in [0.4, 0.5) is 0 Å². The zero-order chi connectivity index (χ0) is 15.5. The summed E-state index contributed by atoms with van der Waals surface area (Å²) in [5, 5.41) is 3.23. The van der Waals surface area contributed by atoms with E-state index in [9.17, 15) is 8.42 Å². The second-order valence-corrected chi connectivity index (χ2v) is 7.86. The summed E-state index contributed by atoms with van der Waals surface area (Å²) in [5.41, 5.74) is 1.74. The first-order chi connectivity index (χ1) is 9.96. The smallest absolute Gasteiger partial charge is 0.243 e. The Labute approximate surface area is 135 Å². The summed E-state index contributed by atoms with van der Waals surface area (Å²) >= 11 is 3.48.